The zero-order chi connectivity index (χ0) is 19.0. The first-order valence-corrected chi connectivity index (χ1v) is 11.9. The molecule has 1 aromatic heterocycles. The van der Waals surface area contributed by atoms with Gasteiger partial charge in [-0.1, -0.05) is 13.8 Å². The maximum Gasteiger partial charge on any atom is 0.346 e. The Morgan fingerprint density at radius 2 is 1.96 bits per heavy atom. The molecule has 5 heteroatoms. The SMILES string of the molecule is CSc1nc(=O)[nH]c2c1C[C@H]1[C@@H]3CC[C@H]4C[C@@H](O)CC[C@]4(C)[C@H]3CC[C@]21C. The Kier molecular flexibility index (Phi) is 4.11. The fourth-order valence-corrected chi connectivity index (χ4v) is 8.39. The molecule has 7 atom stereocenters. The topological polar surface area (TPSA) is 66.0 Å². The maximum atomic E-state index is 12.2. The van der Waals surface area contributed by atoms with E-state index in [2.05, 4.69) is 23.8 Å². The quantitative estimate of drug-likeness (QED) is 0.565. The summed E-state index contributed by atoms with van der Waals surface area (Å²) in [5, 5.41) is 11.2. The number of nitrogens with zero attached hydrogens (tertiary/aromatic N) is 1. The minimum atomic E-state index is -0.181. The highest BCUT2D eigenvalue weighted by Crippen LogP contribution is 2.65. The average Bonchev–Trinajstić information content (AvgIpc) is 2.94. The van der Waals surface area contributed by atoms with Crippen molar-refractivity contribution in [2.45, 2.75) is 81.8 Å². The van der Waals surface area contributed by atoms with Crippen LogP contribution in [0.25, 0.3) is 0 Å². The lowest BCUT2D eigenvalue weighted by atomic mass is 9.45. The van der Waals surface area contributed by atoms with Gasteiger partial charge in [0.1, 0.15) is 5.03 Å². The van der Waals surface area contributed by atoms with E-state index in [4.69, 9.17) is 0 Å². The Morgan fingerprint density at radius 1 is 1.15 bits per heavy atom. The van der Waals surface area contributed by atoms with Crippen molar-refractivity contribution in [2.24, 2.45) is 29.1 Å². The number of aliphatic hydroxyl groups excluding tert-OH is 1. The first-order chi connectivity index (χ1) is 12.9. The molecule has 4 nitrogen and oxygen atoms in total. The molecule has 4 aliphatic carbocycles. The fourth-order valence-electron chi connectivity index (χ4n) is 7.79. The summed E-state index contributed by atoms with van der Waals surface area (Å²) >= 11 is 1.62. The van der Waals surface area contributed by atoms with Crippen molar-refractivity contribution < 1.29 is 5.11 Å². The van der Waals surface area contributed by atoms with E-state index in [1.165, 1.54) is 43.4 Å². The van der Waals surface area contributed by atoms with E-state index >= 15 is 0 Å². The van der Waals surface area contributed by atoms with Gasteiger partial charge in [-0.05, 0) is 86.7 Å². The second-order valence-electron chi connectivity index (χ2n) is 10.2. The van der Waals surface area contributed by atoms with Crippen molar-refractivity contribution in [1.82, 2.24) is 9.97 Å². The zero-order valence-electron chi connectivity index (χ0n) is 16.8. The smallest absolute Gasteiger partial charge is 0.346 e. The normalized spacial score (nSPS) is 45.6. The first kappa shape index (κ1) is 18.2. The molecule has 1 heterocycles. The van der Waals surface area contributed by atoms with Gasteiger partial charge in [0.25, 0.3) is 0 Å². The van der Waals surface area contributed by atoms with Crippen molar-refractivity contribution >= 4 is 11.8 Å². The lowest BCUT2D eigenvalue weighted by Crippen LogP contribution is -2.54. The van der Waals surface area contributed by atoms with Crippen molar-refractivity contribution in [2.75, 3.05) is 6.26 Å². The molecular weight excluding hydrogens is 356 g/mol. The van der Waals surface area contributed by atoms with Gasteiger partial charge in [0.05, 0.1) is 6.10 Å². The fraction of sp³-hybridized carbons (Fsp3) is 0.818. The van der Waals surface area contributed by atoms with Crippen LogP contribution >= 0.6 is 11.8 Å². The third-order valence-electron chi connectivity index (χ3n) is 9.21. The van der Waals surface area contributed by atoms with Crippen LogP contribution in [0.3, 0.4) is 0 Å². The summed E-state index contributed by atoms with van der Waals surface area (Å²) < 4.78 is 0. The average molecular weight is 389 g/mol. The molecule has 0 bridgehead atoms. The van der Waals surface area contributed by atoms with E-state index in [0.29, 0.717) is 17.3 Å². The molecule has 148 valence electrons. The molecule has 0 radical (unpaired) electrons. The summed E-state index contributed by atoms with van der Waals surface area (Å²) in [6.45, 7) is 4.93. The molecule has 0 aromatic carbocycles. The number of thioether (sulfide) groups is 1. The predicted octanol–water partition coefficient (Wildman–Crippen LogP) is 3.91. The highest BCUT2D eigenvalue weighted by molar-refractivity contribution is 7.98. The lowest BCUT2D eigenvalue weighted by molar-refractivity contribution is -0.111. The number of H-pyrrole nitrogens is 1. The molecule has 0 saturated heterocycles. The summed E-state index contributed by atoms with van der Waals surface area (Å²) in [6, 6.07) is 0. The number of aromatic nitrogens is 2. The van der Waals surface area contributed by atoms with Crippen molar-refractivity contribution in [3.05, 3.63) is 21.7 Å². The molecule has 0 unspecified atom stereocenters. The molecule has 4 aliphatic rings. The van der Waals surface area contributed by atoms with Crippen LogP contribution in [-0.4, -0.2) is 27.4 Å². The third kappa shape index (κ3) is 2.46. The van der Waals surface area contributed by atoms with Gasteiger partial charge in [0.2, 0.25) is 0 Å². The molecule has 3 saturated carbocycles. The van der Waals surface area contributed by atoms with Crippen LogP contribution in [0, 0.1) is 29.1 Å². The molecule has 0 aliphatic heterocycles. The highest BCUT2D eigenvalue weighted by Gasteiger charge is 2.59. The number of rotatable bonds is 1. The van der Waals surface area contributed by atoms with Gasteiger partial charge in [-0.2, -0.15) is 4.98 Å². The summed E-state index contributed by atoms with van der Waals surface area (Å²) in [7, 11) is 0. The molecule has 0 spiro atoms. The molecule has 27 heavy (non-hydrogen) atoms. The van der Waals surface area contributed by atoms with Crippen LogP contribution in [0.15, 0.2) is 9.82 Å². The standard InChI is InChI=1S/C22H32N2O2S/c1-21-8-6-13(25)10-12(21)4-5-14-16(21)7-9-22(2)17(14)11-15-18(22)23-20(26)24-19(15)27-3/h12-14,16-17,25H,4-11H2,1-3H3,(H,23,24,26)/t12-,13-,14+,16-,17-,21-,22-/m0/s1. The summed E-state index contributed by atoms with van der Waals surface area (Å²) in [4.78, 5) is 19.6. The number of aromatic amines is 1. The zero-order valence-corrected chi connectivity index (χ0v) is 17.6. The van der Waals surface area contributed by atoms with Crippen LogP contribution in [-0.2, 0) is 11.8 Å². The molecule has 5 rings (SSSR count). The monoisotopic (exact) mass is 388 g/mol. The van der Waals surface area contributed by atoms with Gasteiger partial charge in [0, 0.05) is 16.7 Å². The van der Waals surface area contributed by atoms with Crippen LogP contribution in [0.1, 0.15) is 70.1 Å². The van der Waals surface area contributed by atoms with Crippen LogP contribution in [0.2, 0.25) is 0 Å². The van der Waals surface area contributed by atoms with Crippen LogP contribution in [0.4, 0.5) is 0 Å². The largest absolute Gasteiger partial charge is 0.393 e. The van der Waals surface area contributed by atoms with E-state index in [1.54, 1.807) is 11.8 Å². The second-order valence-corrected chi connectivity index (χ2v) is 10.9. The molecule has 1 aromatic rings. The number of fused-ring (bicyclic) bond motifs is 7. The van der Waals surface area contributed by atoms with Gasteiger partial charge >= 0.3 is 5.69 Å². The van der Waals surface area contributed by atoms with Gasteiger partial charge in [-0.3, -0.25) is 0 Å². The van der Waals surface area contributed by atoms with Crippen molar-refractivity contribution in [1.29, 1.82) is 0 Å². The van der Waals surface area contributed by atoms with E-state index in [0.717, 1.165) is 36.1 Å². The summed E-state index contributed by atoms with van der Waals surface area (Å²) in [5.41, 5.74) is 2.83. The van der Waals surface area contributed by atoms with Crippen LogP contribution in [0.5, 0.6) is 0 Å². The van der Waals surface area contributed by atoms with Gasteiger partial charge in [0.15, 0.2) is 0 Å². The molecule has 0 amide bonds. The van der Waals surface area contributed by atoms with E-state index < -0.39 is 0 Å². The number of hydrogen-bond acceptors (Lipinski definition) is 4. The van der Waals surface area contributed by atoms with E-state index in [9.17, 15) is 9.90 Å². The Bertz CT molecular complexity index is 823. The van der Waals surface area contributed by atoms with Gasteiger partial charge in [-0.25, -0.2) is 4.79 Å². The Hall–Kier alpha value is -0.810. The Balaban J connectivity index is 1.53. The molecule has 2 N–H and O–H groups in total. The number of aliphatic hydroxyl groups is 1. The van der Waals surface area contributed by atoms with Gasteiger partial charge in [-0.15, -0.1) is 11.8 Å². The summed E-state index contributed by atoms with van der Waals surface area (Å²) in [5.74, 6) is 2.83. The van der Waals surface area contributed by atoms with Crippen LogP contribution < -0.4 is 5.69 Å². The highest BCUT2D eigenvalue weighted by atomic mass is 32.2. The minimum Gasteiger partial charge on any atom is -0.393 e. The maximum absolute atomic E-state index is 12.2. The number of nitrogens with one attached hydrogen (secondary N) is 1. The summed E-state index contributed by atoms with van der Waals surface area (Å²) in [6.07, 6.45) is 11.2. The molecular formula is C22H32N2O2S. The van der Waals surface area contributed by atoms with E-state index in [-0.39, 0.29) is 17.2 Å². The van der Waals surface area contributed by atoms with Crippen molar-refractivity contribution in [3.8, 4) is 0 Å². The Labute approximate surface area is 165 Å². The van der Waals surface area contributed by atoms with E-state index in [1.807, 2.05) is 6.26 Å². The number of hydrogen-bond donors (Lipinski definition) is 2. The third-order valence-corrected chi connectivity index (χ3v) is 9.94. The first-order valence-electron chi connectivity index (χ1n) is 10.7. The second kappa shape index (κ2) is 6.09. The predicted molar refractivity (Wildman–Crippen MR) is 108 cm³/mol. The van der Waals surface area contributed by atoms with Gasteiger partial charge < -0.3 is 10.1 Å². The lowest BCUT2D eigenvalue weighted by Gasteiger charge is -2.60. The molecule has 3 fully saturated rings. The Morgan fingerprint density at radius 3 is 2.74 bits per heavy atom. The minimum absolute atomic E-state index is 0.0792. The van der Waals surface area contributed by atoms with Crippen molar-refractivity contribution in [3.63, 3.8) is 0 Å².